The van der Waals surface area contributed by atoms with Gasteiger partial charge in [-0.1, -0.05) is 30.3 Å². The van der Waals surface area contributed by atoms with Crippen LogP contribution in [0.1, 0.15) is 5.56 Å². The number of benzene rings is 2. The zero-order chi connectivity index (χ0) is 17.1. The van der Waals surface area contributed by atoms with E-state index in [0.29, 0.717) is 23.3 Å². The third-order valence-corrected chi connectivity index (χ3v) is 3.98. The van der Waals surface area contributed by atoms with Crippen LogP contribution in [0.3, 0.4) is 0 Å². The fourth-order valence-electron chi connectivity index (χ4n) is 2.50. The SMILES string of the molecule is [S-]c1nnc(-c2ccco2)n1-c1ccc(OCc2ccccc2)cc1. The smallest absolute Gasteiger partial charge is 0.202 e. The van der Waals surface area contributed by atoms with Crippen molar-refractivity contribution in [1.82, 2.24) is 14.8 Å². The van der Waals surface area contributed by atoms with Crippen LogP contribution in [0.2, 0.25) is 0 Å². The minimum Gasteiger partial charge on any atom is -0.740 e. The summed E-state index contributed by atoms with van der Waals surface area (Å²) in [5.74, 6) is 1.98. The van der Waals surface area contributed by atoms with E-state index >= 15 is 0 Å². The summed E-state index contributed by atoms with van der Waals surface area (Å²) in [6.07, 6.45) is 1.60. The molecule has 124 valence electrons. The van der Waals surface area contributed by atoms with Crippen LogP contribution in [0.5, 0.6) is 5.75 Å². The van der Waals surface area contributed by atoms with Gasteiger partial charge < -0.3 is 21.8 Å². The van der Waals surface area contributed by atoms with Crippen LogP contribution in [0.15, 0.2) is 82.6 Å². The second-order valence-corrected chi connectivity index (χ2v) is 5.75. The molecule has 0 aliphatic rings. The van der Waals surface area contributed by atoms with E-state index in [4.69, 9.17) is 21.8 Å². The van der Waals surface area contributed by atoms with E-state index in [1.807, 2.05) is 60.7 Å². The highest BCUT2D eigenvalue weighted by Crippen LogP contribution is 2.24. The second kappa shape index (κ2) is 6.78. The van der Waals surface area contributed by atoms with Crippen molar-refractivity contribution < 1.29 is 9.15 Å². The minimum absolute atomic E-state index is 0.379. The van der Waals surface area contributed by atoms with E-state index in [-0.39, 0.29) is 0 Å². The van der Waals surface area contributed by atoms with Crippen molar-refractivity contribution in [2.75, 3.05) is 0 Å². The largest absolute Gasteiger partial charge is 0.740 e. The van der Waals surface area contributed by atoms with Gasteiger partial charge in [0.05, 0.1) is 6.26 Å². The number of nitrogens with zero attached hydrogens (tertiary/aromatic N) is 3. The molecule has 2 heterocycles. The molecule has 25 heavy (non-hydrogen) atoms. The minimum atomic E-state index is 0.379. The number of ether oxygens (including phenoxy) is 1. The number of hydrogen-bond donors (Lipinski definition) is 0. The number of hydrogen-bond acceptors (Lipinski definition) is 5. The van der Waals surface area contributed by atoms with E-state index < -0.39 is 0 Å². The van der Waals surface area contributed by atoms with Crippen LogP contribution in [0, 0.1) is 0 Å². The quantitative estimate of drug-likeness (QED) is 0.510. The summed E-state index contributed by atoms with van der Waals surface area (Å²) in [5.41, 5.74) is 1.98. The monoisotopic (exact) mass is 348 g/mol. The maximum absolute atomic E-state index is 5.81. The third-order valence-electron chi connectivity index (χ3n) is 3.72. The molecule has 0 unspecified atom stereocenters. The molecule has 0 N–H and O–H groups in total. The number of furan rings is 1. The van der Waals surface area contributed by atoms with Crippen molar-refractivity contribution in [2.45, 2.75) is 11.8 Å². The van der Waals surface area contributed by atoms with Gasteiger partial charge in [-0.15, -0.1) is 5.10 Å². The lowest BCUT2D eigenvalue weighted by atomic mass is 10.2. The Balaban J connectivity index is 1.56. The molecule has 0 radical (unpaired) electrons. The highest BCUT2D eigenvalue weighted by atomic mass is 32.1. The molecule has 0 spiro atoms. The Bertz CT molecular complexity index is 948. The number of rotatable bonds is 5. The first-order valence-electron chi connectivity index (χ1n) is 7.75. The average molecular weight is 348 g/mol. The van der Waals surface area contributed by atoms with E-state index in [1.54, 1.807) is 16.9 Å². The Morgan fingerprint density at radius 1 is 0.920 bits per heavy atom. The predicted octanol–water partition coefficient (Wildman–Crippen LogP) is 4.01. The Kier molecular flexibility index (Phi) is 4.18. The second-order valence-electron chi connectivity index (χ2n) is 5.39. The normalized spacial score (nSPS) is 10.7. The van der Waals surface area contributed by atoms with Crippen molar-refractivity contribution in [2.24, 2.45) is 0 Å². The van der Waals surface area contributed by atoms with Gasteiger partial charge >= 0.3 is 0 Å². The van der Waals surface area contributed by atoms with Crippen molar-refractivity contribution in [3.05, 3.63) is 78.6 Å². The Morgan fingerprint density at radius 3 is 2.44 bits per heavy atom. The summed E-state index contributed by atoms with van der Waals surface area (Å²) in [4.78, 5) is 0. The Labute approximate surface area is 150 Å². The summed E-state index contributed by atoms with van der Waals surface area (Å²) in [6.45, 7) is 0.525. The molecule has 2 aromatic heterocycles. The molecule has 0 atom stereocenters. The van der Waals surface area contributed by atoms with Crippen LogP contribution in [-0.4, -0.2) is 14.8 Å². The molecule has 0 aliphatic carbocycles. The molecule has 0 saturated heterocycles. The summed E-state index contributed by atoms with van der Waals surface area (Å²) >= 11 is 5.29. The predicted molar refractivity (Wildman–Crippen MR) is 95.5 cm³/mol. The number of aromatic nitrogens is 3. The van der Waals surface area contributed by atoms with Gasteiger partial charge in [-0.25, -0.2) is 0 Å². The lowest BCUT2D eigenvalue weighted by molar-refractivity contribution is 0.306. The molecule has 0 aliphatic heterocycles. The van der Waals surface area contributed by atoms with Crippen LogP contribution in [0.25, 0.3) is 17.3 Å². The molecule has 0 amide bonds. The first-order chi connectivity index (χ1) is 12.3. The standard InChI is InChI=1S/C19H15N3O2S/c25-19-21-20-18(17-7-4-12-23-17)22(19)15-8-10-16(11-9-15)24-13-14-5-2-1-3-6-14/h1-12H,13H2,(H,21,25)/p-1. The summed E-state index contributed by atoms with van der Waals surface area (Å²) in [7, 11) is 0. The molecule has 4 aromatic rings. The summed E-state index contributed by atoms with van der Waals surface area (Å²) in [6, 6.07) is 21.3. The third kappa shape index (κ3) is 3.25. The molecule has 6 heteroatoms. The molecule has 0 fully saturated rings. The van der Waals surface area contributed by atoms with Gasteiger partial charge in [0, 0.05) is 10.8 Å². The molecule has 0 bridgehead atoms. The van der Waals surface area contributed by atoms with Crippen molar-refractivity contribution in [1.29, 1.82) is 0 Å². The Morgan fingerprint density at radius 2 is 1.72 bits per heavy atom. The van der Waals surface area contributed by atoms with Gasteiger partial charge in [-0.3, -0.25) is 4.57 Å². The van der Waals surface area contributed by atoms with Gasteiger partial charge in [-0.05, 0) is 42.0 Å². The fraction of sp³-hybridized carbons (Fsp3) is 0.0526. The lowest BCUT2D eigenvalue weighted by Crippen LogP contribution is -2.00. The van der Waals surface area contributed by atoms with Crippen LogP contribution in [-0.2, 0) is 19.2 Å². The highest BCUT2D eigenvalue weighted by molar-refractivity contribution is 7.58. The van der Waals surface area contributed by atoms with E-state index in [0.717, 1.165) is 17.0 Å². The zero-order valence-electron chi connectivity index (χ0n) is 13.2. The van der Waals surface area contributed by atoms with Gasteiger partial charge in [0.25, 0.3) is 0 Å². The fourth-order valence-corrected chi connectivity index (χ4v) is 2.73. The first-order valence-corrected chi connectivity index (χ1v) is 8.15. The molecule has 0 saturated carbocycles. The van der Waals surface area contributed by atoms with Crippen molar-refractivity contribution >= 4 is 12.6 Å². The van der Waals surface area contributed by atoms with Crippen molar-refractivity contribution in [3.63, 3.8) is 0 Å². The average Bonchev–Trinajstić information content (AvgIpc) is 3.31. The van der Waals surface area contributed by atoms with Gasteiger partial charge in [0.2, 0.25) is 5.82 Å². The molecule has 4 rings (SSSR count). The summed E-state index contributed by atoms with van der Waals surface area (Å²) in [5, 5.41) is 8.48. The maximum Gasteiger partial charge on any atom is 0.202 e. The zero-order valence-corrected chi connectivity index (χ0v) is 14.0. The lowest BCUT2D eigenvalue weighted by Gasteiger charge is -2.13. The van der Waals surface area contributed by atoms with E-state index in [2.05, 4.69) is 10.2 Å². The van der Waals surface area contributed by atoms with Crippen LogP contribution < -0.4 is 4.74 Å². The van der Waals surface area contributed by atoms with E-state index in [9.17, 15) is 0 Å². The van der Waals surface area contributed by atoms with Gasteiger partial charge in [-0.2, -0.15) is 5.10 Å². The molecule has 5 nitrogen and oxygen atoms in total. The van der Waals surface area contributed by atoms with Crippen LogP contribution in [0.4, 0.5) is 0 Å². The van der Waals surface area contributed by atoms with E-state index in [1.165, 1.54) is 0 Å². The van der Waals surface area contributed by atoms with Gasteiger partial charge in [0.15, 0.2) is 5.76 Å². The van der Waals surface area contributed by atoms with Crippen LogP contribution >= 0.6 is 0 Å². The molecular formula is C19H14N3O2S-. The topological polar surface area (TPSA) is 53.1 Å². The Hall–Kier alpha value is -3.12. The first kappa shape index (κ1) is 15.4. The van der Waals surface area contributed by atoms with Crippen molar-refractivity contribution in [3.8, 4) is 23.0 Å². The maximum atomic E-state index is 5.81. The van der Waals surface area contributed by atoms with Gasteiger partial charge in [0.1, 0.15) is 12.4 Å². The highest BCUT2D eigenvalue weighted by Gasteiger charge is 2.12. The molecule has 2 aromatic carbocycles. The molecular weight excluding hydrogens is 334 g/mol. The summed E-state index contributed by atoms with van der Waals surface area (Å²) < 4.78 is 13.0.